The summed E-state index contributed by atoms with van der Waals surface area (Å²) in [5.41, 5.74) is 8.02. The minimum Gasteiger partial charge on any atom is -0.468 e. The monoisotopic (exact) mass is 268 g/mol. The van der Waals surface area contributed by atoms with Crippen LogP contribution in [0.3, 0.4) is 0 Å². The summed E-state index contributed by atoms with van der Waals surface area (Å²) in [6.07, 6.45) is 1.44. The standard InChI is InChI=1S/C9H12N6O2S/c1-15-8(10)13-14-9(15)18-4-6-5(2-3-17-6)7(16)12-11/h2-3H,4,11H2,1H3,(H2,10,13)(H,12,16). The van der Waals surface area contributed by atoms with Crippen LogP contribution in [0.25, 0.3) is 0 Å². The van der Waals surface area contributed by atoms with E-state index in [1.54, 1.807) is 17.7 Å². The van der Waals surface area contributed by atoms with Crippen molar-refractivity contribution < 1.29 is 9.21 Å². The van der Waals surface area contributed by atoms with E-state index < -0.39 is 5.91 Å². The van der Waals surface area contributed by atoms with E-state index in [9.17, 15) is 4.79 Å². The maximum absolute atomic E-state index is 11.4. The van der Waals surface area contributed by atoms with Crippen LogP contribution >= 0.6 is 11.8 Å². The van der Waals surface area contributed by atoms with Gasteiger partial charge in [0, 0.05) is 7.05 Å². The largest absolute Gasteiger partial charge is 0.468 e. The Morgan fingerprint density at radius 3 is 3.00 bits per heavy atom. The van der Waals surface area contributed by atoms with Crippen molar-refractivity contribution in [2.75, 3.05) is 5.73 Å². The van der Waals surface area contributed by atoms with Crippen molar-refractivity contribution in [3.8, 4) is 0 Å². The van der Waals surface area contributed by atoms with E-state index in [4.69, 9.17) is 16.0 Å². The zero-order valence-electron chi connectivity index (χ0n) is 9.58. The maximum atomic E-state index is 11.4. The fourth-order valence-electron chi connectivity index (χ4n) is 1.31. The number of amides is 1. The minimum absolute atomic E-state index is 0.330. The van der Waals surface area contributed by atoms with Crippen molar-refractivity contribution in [2.45, 2.75) is 10.9 Å². The summed E-state index contributed by atoms with van der Waals surface area (Å²) in [4.78, 5) is 11.4. The lowest BCUT2D eigenvalue weighted by Crippen LogP contribution is -2.30. The number of thioether (sulfide) groups is 1. The lowest BCUT2D eigenvalue weighted by atomic mass is 10.2. The second kappa shape index (κ2) is 5.10. The molecule has 0 atom stereocenters. The Bertz CT molecular complexity index is 563. The Balaban J connectivity index is 2.09. The van der Waals surface area contributed by atoms with Crippen molar-refractivity contribution in [2.24, 2.45) is 12.9 Å². The first kappa shape index (κ1) is 12.5. The molecule has 18 heavy (non-hydrogen) atoms. The molecule has 0 aliphatic carbocycles. The molecule has 2 heterocycles. The smallest absolute Gasteiger partial charge is 0.268 e. The number of rotatable bonds is 4. The molecule has 9 heteroatoms. The van der Waals surface area contributed by atoms with Crippen molar-refractivity contribution in [1.82, 2.24) is 20.2 Å². The Hall–Kier alpha value is -2.00. The number of aromatic nitrogens is 3. The average Bonchev–Trinajstić information content (AvgIpc) is 2.95. The van der Waals surface area contributed by atoms with Crippen LogP contribution in [0, 0.1) is 0 Å². The van der Waals surface area contributed by atoms with Gasteiger partial charge in [0.25, 0.3) is 5.91 Å². The zero-order chi connectivity index (χ0) is 13.1. The molecular formula is C9H12N6O2S. The van der Waals surface area contributed by atoms with Crippen LogP contribution in [0.15, 0.2) is 21.9 Å². The van der Waals surface area contributed by atoms with Crippen molar-refractivity contribution in [3.63, 3.8) is 0 Å². The molecule has 2 aromatic heterocycles. The highest BCUT2D eigenvalue weighted by Crippen LogP contribution is 2.24. The predicted octanol–water partition coefficient (Wildman–Crippen LogP) is -0.114. The molecule has 5 N–H and O–H groups in total. The lowest BCUT2D eigenvalue weighted by molar-refractivity contribution is 0.0952. The molecule has 0 aliphatic heterocycles. The van der Waals surface area contributed by atoms with Crippen molar-refractivity contribution >= 4 is 23.6 Å². The fraction of sp³-hybridized carbons (Fsp3) is 0.222. The fourth-order valence-corrected chi connectivity index (χ4v) is 2.18. The van der Waals surface area contributed by atoms with Gasteiger partial charge in [-0.3, -0.25) is 14.8 Å². The summed E-state index contributed by atoms with van der Waals surface area (Å²) in [7, 11) is 1.76. The molecule has 0 bridgehead atoms. The van der Waals surface area contributed by atoms with E-state index in [1.807, 2.05) is 0 Å². The third-order valence-electron chi connectivity index (χ3n) is 2.32. The molecule has 0 spiro atoms. The van der Waals surface area contributed by atoms with Crippen LogP contribution in [0.4, 0.5) is 5.95 Å². The van der Waals surface area contributed by atoms with Gasteiger partial charge in [0.1, 0.15) is 5.76 Å². The number of hydrazine groups is 1. The van der Waals surface area contributed by atoms with E-state index in [1.165, 1.54) is 18.0 Å². The van der Waals surface area contributed by atoms with Gasteiger partial charge in [0.2, 0.25) is 5.95 Å². The average molecular weight is 268 g/mol. The highest BCUT2D eigenvalue weighted by atomic mass is 32.2. The van der Waals surface area contributed by atoms with E-state index in [0.29, 0.717) is 28.2 Å². The molecule has 0 saturated heterocycles. The first-order valence-corrected chi connectivity index (χ1v) is 5.97. The van der Waals surface area contributed by atoms with Gasteiger partial charge in [0.05, 0.1) is 17.6 Å². The Labute approximate surface area is 107 Å². The molecule has 96 valence electrons. The predicted molar refractivity (Wildman–Crippen MR) is 65.3 cm³/mol. The number of nitrogens with one attached hydrogen (secondary N) is 1. The zero-order valence-corrected chi connectivity index (χ0v) is 10.4. The highest BCUT2D eigenvalue weighted by molar-refractivity contribution is 7.98. The molecule has 0 aliphatic rings. The number of nitrogens with two attached hydrogens (primary N) is 2. The van der Waals surface area contributed by atoms with Crippen LogP contribution in [0.2, 0.25) is 0 Å². The third kappa shape index (κ3) is 2.31. The van der Waals surface area contributed by atoms with Gasteiger partial charge in [-0.25, -0.2) is 5.84 Å². The number of hydrogen-bond acceptors (Lipinski definition) is 7. The number of furan rings is 1. The molecule has 2 rings (SSSR count). The van der Waals surface area contributed by atoms with Crippen LogP contribution in [0.1, 0.15) is 16.1 Å². The molecule has 0 fully saturated rings. The van der Waals surface area contributed by atoms with Gasteiger partial charge in [-0.15, -0.1) is 10.2 Å². The van der Waals surface area contributed by atoms with Crippen LogP contribution < -0.4 is 17.0 Å². The highest BCUT2D eigenvalue weighted by Gasteiger charge is 2.15. The number of carbonyl (C=O) groups is 1. The van der Waals surface area contributed by atoms with Gasteiger partial charge in [0.15, 0.2) is 5.16 Å². The first-order valence-electron chi connectivity index (χ1n) is 4.98. The normalized spacial score (nSPS) is 10.6. The Morgan fingerprint density at radius 1 is 1.61 bits per heavy atom. The topological polar surface area (TPSA) is 125 Å². The van der Waals surface area contributed by atoms with Gasteiger partial charge in [-0.2, -0.15) is 0 Å². The molecule has 1 amide bonds. The molecule has 0 unspecified atom stereocenters. The lowest BCUT2D eigenvalue weighted by Gasteiger charge is -2.01. The minimum atomic E-state index is -0.392. The molecule has 8 nitrogen and oxygen atoms in total. The Morgan fingerprint density at radius 2 is 2.39 bits per heavy atom. The summed E-state index contributed by atoms with van der Waals surface area (Å²) < 4.78 is 6.88. The van der Waals surface area contributed by atoms with Crippen LogP contribution in [-0.2, 0) is 12.8 Å². The van der Waals surface area contributed by atoms with Gasteiger partial charge in [-0.05, 0) is 6.07 Å². The summed E-state index contributed by atoms with van der Waals surface area (Å²) in [6.45, 7) is 0. The summed E-state index contributed by atoms with van der Waals surface area (Å²) >= 11 is 1.36. The van der Waals surface area contributed by atoms with E-state index in [0.717, 1.165) is 0 Å². The van der Waals surface area contributed by atoms with Crippen molar-refractivity contribution in [3.05, 3.63) is 23.7 Å². The molecule has 0 radical (unpaired) electrons. The van der Waals surface area contributed by atoms with Crippen LogP contribution in [0.5, 0.6) is 0 Å². The Kier molecular flexibility index (Phi) is 3.53. The van der Waals surface area contributed by atoms with E-state index in [-0.39, 0.29) is 0 Å². The molecule has 0 aromatic carbocycles. The van der Waals surface area contributed by atoms with Gasteiger partial charge < -0.3 is 10.2 Å². The van der Waals surface area contributed by atoms with E-state index in [2.05, 4.69) is 15.6 Å². The van der Waals surface area contributed by atoms with Crippen molar-refractivity contribution in [1.29, 1.82) is 0 Å². The van der Waals surface area contributed by atoms with E-state index >= 15 is 0 Å². The van der Waals surface area contributed by atoms with Gasteiger partial charge >= 0.3 is 0 Å². The summed E-state index contributed by atoms with van der Waals surface area (Å²) in [5.74, 6) is 5.96. The second-order valence-electron chi connectivity index (χ2n) is 3.42. The summed E-state index contributed by atoms with van der Waals surface area (Å²) in [6, 6.07) is 1.56. The van der Waals surface area contributed by atoms with Crippen LogP contribution in [-0.4, -0.2) is 20.7 Å². The second-order valence-corrected chi connectivity index (χ2v) is 4.36. The van der Waals surface area contributed by atoms with Gasteiger partial charge in [-0.1, -0.05) is 11.8 Å². The first-order chi connectivity index (χ1) is 8.63. The molecule has 0 saturated carbocycles. The number of carbonyl (C=O) groups excluding carboxylic acids is 1. The summed E-state index contributed by atoms with van der Waals surface area (Å²) in [5, 5.41) is 8.26. The number of nitrogens with zero attached hydrogens (tertiary/aromatic N) is 3. The number of nitrogen functional groups attached to an aromatic ring is 2. The maximum Gasteiger partial charge on any atom is 0.268 e. The SMILES string of the molecule is Cn1c(N)nnc1SCc1occc1C(=O)NN. The quantitative estimate of drug-likeness (QED) is 0.305. The molecule has 2 aromatic rings. The molecular weight excluding hydrogens is 256 g/mol. The number of hydrogen-bond donors (Lipinski definition) is 3. The third-order valence-corrected chi connectivity index (χ3v) is 3.34. The number of anilines is 1.